The maximum absolute atomic E-state index is 11.9. The number of rotatable bonds is 8. The second kappa shape index (κ2) is 9.59. The molecule has 0 heterocycles. The number of nitrogens with zero attached hydrogens (tertiary/aromatic N) is 1. The summed E-state index contributed by atoms with van der Waals surface area (Å²) < 4.78 is 0. The number of halogens is 2. The molecule has 1 aliphatic rings. The molecule has 1 fully saturated rings. The third-order valence-electron chi connectivity index (χ3n) is 5.48. The lowest BCUT2D eigenvalue weighted by molar-refractivity contribution is -0.148. The minimum Gasteiger partial charge on any atom is -0.480 e. The van der Waals surface area contributed by atoms with E-state index in [2.05, 4.69) is 0 Å². The number of nitrogens with two attached hydrogens (primary N) is 1. The highest BCUT2D eigenvalue weighted by molar-refractivity contribution is 6.42. The van der Waals surface area contributed by atoms with Crippen LogP contribution in [0.2, 0.25) is 16.4 Å². The van der Waals surface area contributed by atoms with E-state index in [0.717, 1.165) is 12.0 Å². The smallest absolute Gasteiger partial charge is 0.451 e. The fourth-order valence-electron chi connectivity index (χ4n) is 3.98. The summed E-state index contributed by atoms with van der Waals surface area (Å²) in [6.07, 6.45) is 2.68. The average molecular weight is 417 g/mol. The molecule has 0 aromatic heterocycles. The molecule has 150 valence electrons. The largest absolute Gasteiger partial charge is 0.480 e. The van der Waals surface area contributed by atoms with Crippen molar-refractivity contribution in [3.05, 3.63) is 33.8 Å². The molecule has 27 heavy (non-hydrogen) atoms. The molecule has 0 saturated heterocycles. The van der Waals surface area contributed by atoms with Gasteiger partial charge in [-0.25, -0.2) is 0 Å². The molecule has 1 saturated carbocycles. The highest BCUT2D eigenvalue weighted by Crippen LogP contribution is 2.38. The Hall–Kier alpha value is -0.825. The summed E-state index contributed by atoms with van der Waals surface area (Å²) in [7, 11) is 0.566. The summed E-state index contributed by atoms with van der Waals surface area (Å²) in [6, 6.07) is 5.46. The SMILES string of the molecule is CN(Cc1ccc(Cl)c(Cl)c1)C[C@H]1CC[C@H](CCB(O)O)C[C@@]1(N)C(=O)O. The Labute approximate surface area is 170 Å². The molecule has 1 aliphatic carbocycles. The summed E-state index contributed by atoms with van der Waals surface area (Å²) in [5.74, 6) is -1.09. The molecule has 6 nitrogen and oxygen atoms in total. The van der Waals surface area contributed by atoms with E-state index in [4.69, 9.17) is 39.0 Å². The number of carboxylic acids is 1. The van der Waals surface area contributed by atoms with Gasteiger partial charge in [0.2, 0.25) is 0 Å². The number of hydrogen-bond acceptors (Lipinski definition) is 5. The zero-order valence-corrected chi connectivity index (χ0v) is 17.0. The molecular formula is C18H27BCl2N2O4. The predicted octanol–water partition coefficient (Wildman–Crippen LogP) is 2.49. The molecule has 2 rings (SSSR count). The zero-order chi connectivity index (χ0) is 20.2. The lowest BCUT2D eigenvalue weighted by Gasteiger charge is -2.43. The van der Waals surface area contributed by atoms with Gasteiger partial charge in [-0.1, -0.05) is 35.7 Å². The van der Waals surface area contributed by atoms with E-state index in [1.807, 2.05) is 24.1 Å². The van der Waals surface area contributed by atoms with Crippen LogP contribution in [0.5, 0.6) is 0 Å². The Morgan fingerprint density at radius 2 is 2.04 bits per heavy atom. The van der Waals surface area contributed by atoms with Gasteiger partial charge in [-0.3, -0.25) is 4.79 Å². The van der Waals surface area contributed by atoms with Gasteiger partial charge in [-0.05, 0) is 56.2 Å². The Morgan fingerprint density at radius 1 is 1.33 bits per heavy atom. The van der Waals surface area contributed by atoms with Crippen LogP contribution in [-0.2, 0) is 11.3 Å². The van der Waals surface area contributed by atoms with Gasteiger partial charge in [0, 0.05) is 19.0 Å². The third-order valence-corrected chi connectivity index (χ3v) is 6.22. The van der Waals surface area contributed by atoms with E-state index in [9.17, 15) is 9.90 Å². The fourth-order valence-corrected chi connectivity index (χ4v) is 4.30. The molecular weight excluding hydrogens is 390 g/mol. The molecule has 0 amide bonds. The van der Waals surface area contributed by atoms with Crippen LogP contribution in [0.3, 0.4) is 0 Å². The Kier molecular flexibility index (Phi) is 7.98. The monoisotopic (exact) mass is 416 g/mol. The number of aliphatic carboxylic acids is 1. The van der Waals surface area contributed by atoms with Crippen molar-refractivity contribution in [2.75, 3.05) is 13.6 Å². The molecule has 3 atom stereocenters. The van der Waals surface area contributed by atoms with Crippen molar-refractivity contribution >= 4 is 36.3 Å². The fraction of sp³-hybridized carbons (Fsp3) is 0.611. The van der Waals surface area contributed by atoms with Crippen LogP contribution >= 0.6 is 23.2 Å². The quantitative estimate of drug-likeness (QED) is 0.485. The maximum atomic E-state index is 11.9. The Morgan fingerprint density at radius 3 is 2.63 bits per heavy atom. The lowest BCUT2D eigenvalue weighted by atomic mass is 9.66. The number of carboxylic acid groups (broad SMARTS) is 1. The molecule has 0 spiro atoms. The van der Waals surface area contributed by atoms with Crippen LogP contribution in [0, 0.1) is 11.8 Å². The van der Waals surface area contributed by atoms with E-state index < -0.39 is 18.6 Å². The first-order chi connectivity index (χ1) is 12.6. The van der Waals surface area contributed by atoms with Crippen molar-refractivity contribution < 1.29 is 19.9 Å². The van der Waals surface area contributed by atoms with Crippen molar-refractivity contribution in [2.45, 2.75) is 44.1 Å². The van der Waals surface area contributed by atoms with Crippen molar-refractivity contribution in [1.82, 2.24) is 4.90 Å². The van der Waals surface area contributed by atoms with Crippen LogP contribution in [0.25, 0.3) is 0 Å². The number of hydrogen-bond donors (Lipinski definition) is 4. The Balaban J connectivity index is 2.00. The topological polar surface area (TPSA) is 107 Å². The molecule has 0 aliphatic heterocycles. The van der Waals surface area contributed by atoms with Gasteiger partial charge in [-0.2, -0.15) is 0 Å². The van der Waals surface area contributed by atoms with Crippen LogP contribution in [0.15, 0.2) is 18.2 Å². The lowest BCUT2D eigenvalue weighted by Crippen LogP contribution is -2.59. The van der Waals surface area contributed by atoms with Crippen molar-refractivity contribution in [2.24, 2.45) is 17.6 Å². The number of carbonyl (C=O) groups is 1. The van der Waals surface area contributed by atoms with Crippen LogP contribution in [0.4, 0.5) is 0 Å². The van der Waals surface area contributed by atoms with Crippen LogP contribution in [-0.4, -0.2) is 52.3 Å². The van der Waals surface area contributed by atoms with E-state index in [1.54, 1.807) is 6.07 Å². The molecule has 9 heteroatoms. The summed E-state index contributed by atoms with van der Waals surface area (Å²) in [5, 5.41) is 28.9. The second-order valence-electron chi connectivity index (χ2n) is 7.69. The van der Waals surface area contributed by atoms with E-state index in [-0.39, 0.29) is 18.2 Å². The van der Waals surface area contributed by atoms with Crippen LogP contribution in [0.1, 0.15) is 31.2 Å². The van der Waals surface area contributed by atoms with Gasteiger partial charge in [0.05, 0.1) is 10.0 Å². The number of benzene rings is 1. The normalized spacial score (nSPS) is 25.6. The van der Waals surface area contributed by atoms with Crippen molar-refractivity contribution in [3.63, 3.8) is 0 Å². The highest BCUT2D eigenvalue weighted by Gasteiger charge is 2.47. The van der Waals surface area contributed by atoms with Gasteiger partial charge >= 0.3 is 13.1 Å². The van der Waals surface area contributed by atoms with E-state index in [1.165, 1.54) is 0 Å². The van der Waals surface area contributed by atoms with E-state index >= 15 is 0 Å². The van der Waals surface area contributed by atoms with Gasteiger partial charge in [0.25, 0.3) is 0 Å². The minimum absolute atomic E-state index is 0.0875. The first-order valence-electron chi connectivity index (χ1n) is 9.12. The van der Waals surface area contributed by atoms with Gasteiger partial charge < -0.3 is 25.8 Å². The molecule has 0 radical (unpaired) electrons. The highest BCUT2D eigenvalue weighted by atomic mass is 35.5. The standard InChI is InChI=1S/C18H27BCl2N2O4/c1-23(10-13-3-5-15(20)16(21)8-13)11-14-4-2-12(6-7-19(26)27)9-18(14,22)17(24)25/h3,5,8,12,14,26-27H,2,4,6-7,9-11,22H2,1H3,(H,24,25)/t12-,14-,18+/m1/s1. The van der Waals surface area contributed by atoms with Crippen molar-refractivity contribution in [1.29, 1.82) is 0 Å². The Bertz CT molecular complexity index is 664. The van der Waals surface area contributed by atoms with Gasteiger partial charge in [0.15, 0.2) is 0 Å². The van der Waals surface area contributed by atoms with E-state index in [0.29, 0.717) is 42.4 Å². The summed E-state index contributed by atoms with van der Waals surface area (Å²) in [5.41, 5.74) is 6.02. The predicted molar refractivity (Wildman–Crippen MR) is 108 cm³/mol. The first-order valence-corrected chi connectivity index (χ1v) is 9.88. The molecule has 0 unspecified atom stereocenters. The summed E-state index contributed by atoms with van der Waals surface area (Å²) in [4.78, 5) is 14.0. The minimum atomic E-state index is -1.36. The second-order valence-corrected chi connectivity index (χ2v) is 8.51. The average Bonchev–Trinajstić information content (AvgIpc) is 2.58. The molecule has 1 aromatic carbocycles. The molecule has 5 N–H and O–H groups in total. The molecule has 1 aromatic rings. The molecule has 0 bridgehead atoms. The third kappa shape index (κ3) is 6.08. The maximum Gasteiger partial charge on any atom is 0.451 e. The summed E-state index contributed by atoms with van der Waals surface area (Å²) >= 11 is 12.0. The van der Waals surface area contributed by atoms with Crippen LogP contribution < -0.4 is 5.73 Å². The summed E-state index contributed by atoms with van der Waals surface area (Å²) in [6.45, 7) is 1.17. The zero-order valence-electron chi connectivity index (χ0n) is 15.4. The van der Waals surface area contributed by atoms with Crippen molar-refractivity contribution in [3.8, 4) is 0 Å². The van der Waals surface area contributed by atoms with Gasteiger partial charge in [0.1, 0.15) is 5.54 Å². The van der Waals surface area contributed by atoms with Gasteiger partial charge in [-0.15, -0.1) is 0 Å². The first kappa shape index (κ1) is 22.5.